The number of anilines is 1. The van der Waals surface area contributed by atoms with Crippen LogP contribution in [0.2, 0.25) is 0 Å². The Morgan fingerprint density at radius 3 is 2.93 bits per heavy atom. The number of carbonyl (C=O) groups is 2. The Labute approximate surface area is 161 Å². The highest BCUT2D eigenvalue weighted by atomic mass is 16.5. The molecule has 0 saturated carbocycles. The zero-order valence-corrected chi connectivity index (χ0v) is 15.3. The number of pyridine rings is 1. The summed E-state index contributed by atoms with van der Waals surface area (Å²) in [6.07, 6.45) is 8.62. The quantitative estimate of drug-likeness (QED) is 0.531. The van der Waals surface area contributed by atoms with Gasteiger partial charge in [0, 0.05) is 30.7 Å². The highest BCUT2D eigenvalue weighted by Gasteiger charge is 2.48. The number of amides is 2. The van der Waals surface area contributed by atoms with Crippen molar-refractivity contribution in [3.63, 3.8) is 0 Å². The van der Waals surface area contributed by atoms with Crippen molar-refractivity contribution in [2.75, 3.05) is 11.4 Å². The van der Waals surface area contributed by atoms with E-state index < -0.39 is 5.91 Å². The topological polar surface area (TPSA) is 86.9 Å². The van der Waals surface area contributed by atoms with Crippen molar-refractivity contribution in [2.45, 2.75) is 25.7 Å². The van der Waals surface area contributed by atoms with Crippen LogP contribution in [-0.2, 0) is 17.6 Å². The molecule has 28 heavy (non-hydrogen) atoms. The third-order valence-electron chi connectivity index (χ3n) is 6.17. The fourth-order valence-electron chi connectivity index (χ4n) is 4.59. The lowest BCUT2D eigenvalue weighted by molar-refractivity contribution is -0.126. The molecular weight excluding hydrogens is 356 g/mol. The van der Waals surface area contributed by atoms with E-state index in [0.29, 0.717) is 18.5 Å². The number of carbonyl (C=O) groups excluding carboxylic acids is 2. The first-order valence-electron chi connectivity index (χ1n) is 9.41. The SMILES string of the molecule is O=C(NO)c1ccc2c(c1)CC[C@]1(CCN(c3ccc4nccn4c3)C1=O)C2. The fourth-order valence-corrected chi connectivity index (χ4v) is 4.59. The summed E-state index contributed by atoms with van der Waals surface area (Å²) in [7, 11) is 0. The second-order valence-corrected chi connectivity index (χ2v) is 7.67. The van der Waals surface area contributed by atoms with Crippen molar-refractivity contribution in [3.8, 4) is 0 Å². The minimum Gasteiger partial charge on any atom is -0.310 e. The molecule has 1 aromatic carbocycles. The van der Waals surface area contributed by atoms with Gasteiger partial charge < -0.3 is 9.30 Å². The van der Waals surface area contributed by atoms with E-state index in [-0.39, 0.29) is 11.3 Å². The van der Waals surface area contributed by atoms with Gasteiger partial charge >= 0.3 is 0 Å². The number of benzene rings is 1. The Kier molecular flexibility index (Phi) is 3.73. The number of nitrogens with one attached hydrogen (secondary N) is 1. The van der Waals surface area contributed by atoms with Gasteiger partial charge in [-0.1, -0.05) is 6.07 Å². The number of imidazole rings is 1. The summed E-state index contributed by atoms with van der Waals surface area (Å²) in [5.74, 6) is -0.337. The lowest BCUT2D eigenvalue weighted by Gasteiger charge is -2.33. The second kappa shape index (κ2) is 6.17. The van der Waals surface area contributed by atoms with Crippen LogP contribution in [0.1, 0.15) is 34.3 Å². The van der Waals surface area contributed by atoms with E-state index in [4.69, 9.17) is 5.21 Å². The molecule has 1 aliphatic heterocycles. The molecule has 2 N–H and O–H groups in total. The number of aryl methyl sites for hydroxylation is 1. The summed E-state index contributed by atoms with van der Waals surface area (Å²) in [6.45, 7) is 0.708. The molecule has 2 aromatic heterocycles. The van der Waals surface area contributed by atoms with Gasteiger partial charge in [0.15, 0.2) is 0 Å². The predicted molar refractivity (Wildman–Crippen MR) is 102 cm³/mol. The maximum absolute atomic E-state index is 13.4. The molecule has 1 saturated heterocycles. The number of rotatable bonds is 2. The van der Waals surface area contributed by atoms with Gasteiger partial charge in [-0.2, -0.15) is 0 Å². The van der Waals surface area contributed by atoms with Gasteiger partial charge in [-0.25, -0.2) is 10.5 Å². The van der Waals surface area contributed by atoms with Crippen LogP contribution in [0.3, 0.4) is 0 Å². The molecule has 3 heterocycles. The third kappa shape index (κ3) is 2.51. The number of hydrogen-bond acceptors (Lipinski definition) is 4. The third-order valence-corrected chi connectivity index (χ3v) is 6.17. The molecular formula is C21H20N4O3. The van der Waals surface area contributed by atoms with Crippen LogP contribution >= 0.6 is 0 Å². The lowest BCUT2D eigenvalue weighted by atomic mass is 9.70. The molecule has 7 heteroatoms. The molecule has 5 rings (SSSR count). The second-order valence-electron chi connectivity index (χ2n) is 7.67. The Balaban J connectivity index is 1.42. The first-order chi connectivity index (χ1) is 13.6. The van der Waals surface area contributed by atoms with Crippen molar-refractivity contribution >= 4 is 23.1 Å². The van der Waals surface area contributed by atoms with Crippen LogP contribution in [0.4, 0.5) is 5.69 Å². The van der Waals surface area contributed by atoms with E-state index >= 15 is 0 Å². The molecule has 7 nitrogen and oxygen atoms in total. The molecule has 1 atom stereocenters. The molecule has 142 valence electrons. The minimum atomic E-state index is -0.513. The van der Waals surface area contributed by atoms with Crippen molar-refractivity contribution in [1.82, 2.24) is 14.9 Å². The Morgan fingerprint density at radius 1 is 1.18 bits per heavy atom. The molecule has 0 radical (unpaired) electrons. The van der Waals surface area contributed by atoms with Gasteiger partial charge in [-0.3, -0.25) is 14.8 Å². The van der Waals surface area contributed by atoms with Crippen LogP contribution in [0, 0.1) is 5.41 Å². The van der Waals surface area contributed by atoms with E-state index in [2.05, 4.69) is 4.98 Å². The van der Waals surface area contributed by atoms with Gasteiger partial charge in [0.05, 0.1) is 11.1 Å². The van der Waals surface area contributed by atoms with Gasteiger partial charge in [0.1, 0.15) is 5.65 Å². The Morgan fingerprint density at radius 2 is 2.07 bits per heavy atom. The molecule has 2 amide bonds. The Hall–Kier alpha value is -3.19. The van der Waals surface area contributed by atoms with Crippen LogP contribution in [-0.4, -0.2) is 33.0 Å². The summed E-state index contributed by atoms with van der Waals surface area (Å²) in [6, 6.07) is 9.31. The minimum absolute atomic E-state index is 0.176. The van der Waals surface area contributed by atoms with Crippen LogP contribution in [0.25, 0.3) is 5.65 Å². The largest absolute Gasteiger partial charge is 0.310 e. The van der Waals surface area contributed by atoms with Crippen molar-refractivity contribution in [3.05, 3.63) is 65.6 Å². The molecule has 0 bridgehead atoms. The molecule has 2 aliphatic rings. The molecule has 0 unspecified atom stereocenters. The molecule has 1 aliphatic carbocycles. The highest BCUT2D eigenvalue weighted by molar-refractivity contribution is 6.00. The number of nitrogens with zero attached hydrogens (tertiary/aromatic N) is 3. The van der Waals surface area contributed by atoms with Crippen LogP contribution < -0.4 is 10.4 Å². The summed E-state index contributed by atoms with van der Waals surface area (Å²) in [5.41, 5.74) is 5.68. The standard InChI is InChI=1S/C21H20N4O3/c26-19(23-28)15-1-2-16-12-21(6-5-14(16)11-15)7-9-25(20(21)27)17-3-4-18-22-8-10-24(18)13-17/h1-4,8,10-11,13,28H,5-7,9,12H2,(H,23,26)/t21-/m0/s1. The number of aromatic nitrogens is 2. The van der Waals surface area contributed by atoms with E-state index in [1.54, 1.807) is 17.7 Å². The molecule has 1 fully saturated rings. The van der Waals surface area contributed by atoms with Gasteiger partial charge in [-0.15, -0.1) is 0 Å². The van der Waals surface area contributed by atoms with E-state index in [0.717, 1.165) is 41.7 Å². The maximum atomic E-state index is 13.4. The summed E-state index contributed by atoms with van der Waals surface area (Å²) in [5, 5.41) is 8.83. The normalized spacial score (nSPS) is 21.3. The number of hydrogen-bond donors (Lipinski definition) is 2. The summed E-state index contributed by atoms with van der Waals surface area (Å²) in [4.78, 5) is 31.2. The Bertz CT molecular complexity index is 1110. The predicted octanol–water partition coefficient (Wildman–Crippen LogP) is 2.37. The number of fused-ring (bicyclic) bond motifs is 2. The maximum Gasteiger partial charge on any atom is 0.274 e. The zero-order chi connectivity index (χ0) is 19.3. The average molecular weight is 376 g/mol. The summed E-state index contributed by atoms with van der Waals surface area (Å²) < 4.78 is 1.93. The van der Waals surface area contributed by atoms with Crippen molar-refractivity contribution in [1.29, 1.82) is 0 Å². The lowest BCUT2D eigenvalue weighted by Crippen LogP contribution is -2.39. The van der Waals surface area contributed by atoms with Gasteiger partial charge in [0.25, 0.3) is 5.91 Å². The van der Waals surface area contributed by atoms with Crippen molar-refractivity contribution < 1.29 is 14.8 Å². The fraction of sp³-hybridized carbons (Fsp3) is 0.286. The van der Waals surface area contributed by atoms with Gasteiger partial charge in [0.2, 0.25) is 5.91 Å². The average Bonchev–Trinajstić information content (AvgIpc) is 3.31. The number of hydroxylamine groups is 1. The van der Waals surface area contributed by atoms with Crippen molar-refractivity contribution in [2.24, 2.45) is 5.41 Å². The van der Waals surface area contributed by atoms with Gasteiger partial charge in [-0.05, 0) is 61.1 Å². The molecule has 3 aromatic rings. The highest BCUT2D eigenvalue weighted by Crippen LogP contribution is 2.45. The summed E-state index contributed by atoms with van der Waals surface area (Å²) >= 11 is 0. The van der Waals surface area contributed by atoms with Crippen LogP contribution in [0.15, 0.2) is 48.9 Å². The van der Waals surface area contributed by atoms with E-state index in [1.807, 2.05) is 46.0 Å². The molecule has 1 spiro atoms. The van der Waals surface area contributed by atoms with Crippen LogP contribution in [0.5, 0.6) is 0 Å². The zero-order valence-electron chi connectivity index (χ0n) is 15.3. The van der Waals surface area contributed by atoms with E-state index in [1.165, 1.54) is 0 Å². The van der Waals surface area contributed by atoms with E-state index in [9.17, 15) is 9.59 Å². The first-order valence-corrected chi connectivity index (χ1v) is 9.41. The monoisotopic (exact) mass is 376 g/mol. The smallest absolute Gasteiger partial charge is 0.274 e. The first kappa shape index (κ1) is 16.9.